The average Bonchev–Trinajstić information content (AvgIpc) is 3.83. The number of hydrogen-bond donors (Lipinski definition) is 3. The van der Waals surface area contributed by atoms with Crippen LogP contribution in [0.1, 0.15) is 84.4 Å². The van der Waals surface area contributed by atoms with Crippen molar-refractivity contribution in [3.63, 3.8) is 0 Å². The van der Waals surface area contributed by atoms with Gasteiger partial charge in [-0.05, 0) is 62.9 Å². The van der Waals surface area contributed by atoms with Gasteiger partial charge in [0.15, 0.2) is 12.4 Å². The zero-order valence-electron chi connectivity index (χ0n) is 34.1. The molecule has 1 saturated heterocycles. The Kier molecular flexibility index (Phi) is 14.5. The molecule has 6 amide bonds. The fourth-order valence-electron chi connectivity index (χ4n) is 7.20. The summed E-state index contributed by atoms with van der Waals surface area (Å²) in [7, 11) is 0. The summed E-state index contributed by atoms with van der Waals surface area (Å²) in [5, 5.41) is 18.0. The van der Waals surface area contributed by atoms with Crippen molar-refractivity contribution >= 4 is 64.1 Å². The zero-order chi connectivity index (χ0) is 43.8. The number of benzene rings is 2. The number of nitrogens with one attached hydrogen (secondary N) is 3. The molecule has 1 atom stereocenters. The maximum atomic E-state index is 13.4. The number of rotatable bonds is 20. The van der Waals surface area contributed by atoms with Crippen molar-refractivity contribution in [3.05, 3.63) is 91.8 Å². The number of carbonyl (C=O) groups excluding carboxylic acids is 6. The second-order valence-corrected chi connectivity index (χ2v) is 15.9. The van der Waals surface area contributed by atoms with Gasteiger partial charge in [-0.1, -0.05) is 29.8 Å². The van der Waals surface area contributed by atoms with E-state index < -0.39 is 42.2 Å². The van der Waals surface area contributed by atoms with Crippen molar-refractivity contribution in [2.75, 3.05) is 59.3 Å². The van der Waals surface area contributed by atoms with Crippen molar-refractivity contribution in [1.29, 1.82) is 0 Å². The lowest BCUT2D eigenvalue weighted by Crippen LogP contribution is -2.54. The minimum Gasteiger partial charge on any atom is -0.483 e. The highest BCUT2D eigenvalue weighted by Crippen LogP contribution is 2.37. The predicted molar refractivity (Wildman–Crippen MR) is 225 cm³/mol. The monoisotopic (exact) mass is 888 g/mol. The number of aromatic nitrogens is 3. The normalized spacial score (nSPS) is 15.7. The highest BCUT2D eigenvalue weighted by atomic mass is 35.5. The molecule has 2 aromatic heterocycles. The molecule has 5 heterocycles. The molecule has 0 bridgehead atoms. The molecule has 4 aromatic rings. The average molecular weight is 889 g/mol. The molecule has 62 heavy (non-hydrogen) atoms. The van der Waals surface area contributed by atoms with Crippen molar-refractivity contribution < 1.29 is 47.7 Å². The van der Waals surface area contributed by atoms with Crippen LogP contribution in [0.25, 0.3) is 5.00 Å². The standard InChI is InChI=1S/C42H45ClN8O10S/c1-24-34-36(26-8-10-27(43)11-9-26)46-22-31-49-48-25(2)50(31)42(34)62-37(24)39(55)45-15-5-17-59-19-21-60-20-18-58-16-4-14-44-33(53)23-61-30-7-3-6-28-35(30)41(57)51(40(28)56)29-12-13-32(52)47-38(29)54/h3,6-11,29H,4-5,12-23H2,1-2H3,(H,44,53)(H,45,55)(H,47,52,54). The van der Waals surface area contributed by atoms with Crippen molar-refractivity contribution in [3.8, 4) is 10.8 Å². The Hall–Kier alpha value is -5.86. The van der Waals surface area contributed by atoms with Crippen LogP contribution in [0.3, 0.4) is 0 Å². The van der Waals surface area contributed by atoms with Gasteiger partial charge in [0.25, 0.3) is 23.6 Å². The Morgan fingerprint density at radius 3 is 2.27 bits per heavy atom. The van der Waals surface area contributed by atoms with Gasteiger partial charge in [-0.2, -0.15) is 0 Å². The van der Waals surface area contributed by atoms with Gasteiger partial charge in [0, 0.05) is 48.9 Å². The van der Waals surface area contributed by atoms with E-state index in [1.165, 1.54) is 29.5 Å². The molecule has 0 saturated carbocycles. The van der Waals surface area contributed by atoms with E-state index in [-0.39, 0.29) is 35.6 Å². The number of carbonyl (C=O) groups is 6. The molecule has 1 fully saturated rings. The molecule has 2 aromatic carbocycles. The van der Waals surface area contributed by atoms with Gasteiger partial charge < -0.3 is 29.6 Å². The summed E-state index contributed by atoms with van der Waals surface area (Å²) < 4.78 is 24.4. The molecule has 18 nitrogen and oxygen atoms in total. The Bertz CT molecular complexity index is 2400. The fraction of sp³-hybridized carbons (Fsp3) is 0.405. The molecule has 326 valence electrons. The highest BCUT2D eigenvalue weighted by Gasteiger charge is 2.46. The van der Waals surface area contributed by atoms with Crippen molar-refractivity contribution in [2.45, 2.75) is 52.1 Å². The van der Waals surface area contributed by atoms with Crippen molar-refractivity contribution in [1.82, 2.24) is 35.6 Å². The summed E-state index contributed by atoms with van der Waals surface area (Å²) in [4.78, 5) is 82.2. The van der Waals surface area contributed by atoms with E-state index in [1.54, 1.807) is 0 Å². The van der Waals surface area contributed by atoms with E-state index in [2.05, 4.69) is 26.1 Å². The zero-order valence-corrected chi connectivity index (χ0v) is 35.7. The third-order valence-electron chi connectivity index (χ3n) is 10.2. The molecular weight excluding hydrogens is 844 g/mol. The minimum absolute atomic E-state index is 0.00769. The summed E-state index contributed by atoms with van der Waals surface area (Å²) >= 11 is 7.55. The molecule has 0 aliphatic carbocycles. The molecular formula is C42H45ClN8O10S. The Morgan fingerprint density at radius 2 is 1.56 bits per heavy atom. The van der Waals surface area contributed by atoms with E-state index in [9.17, 15) is 28.8 Å². The first-order chi connectivity index (χ1) is 30.0. The topological polar surface area (TPSA) is 222 Å². The molecule has 1 unspecified atom stereocenters. The number of aryl methyl sites for hydroxylation is 1. The van der Waals surface area contributed by atoms with Crippen LogP contribution in [0.5, 0.6) is 5.75 Å². The van der Waals surface area contributed by atoms with E-state index in [0.717, 1.165) is 38.1 Å². The maximum absolute atomic E-state index is 13.4. The SMILES string of the molecule is Cc1c(C(=O)NCCCOCCOCCOCCCNC(=O)COc2cccc3c2C(=O)N(C2CCC(=O)NC2=O)C3=O)sc2c1C(c1ccc(Cl)cc1)=NCc1nnc(C)n1-2. The summed E-state index contributed by atoms with van der Waals surface area (Å²) in [6.45, 7) is 6.88. The third-order valence-corrected chi connectivity index (χ3v) is 11.8. The summed E-state index contributed by atoms with van der Waals surface area (Å²) in [5.41, 5.74) is 3.43. The van der Waals surface area contributed by atoms with Crippen LogP contribution in [0.15, 0.2) is 47.5 Å². The van der Waals surface area contributed by atoms with Crippen LogP contribution in [0, 0.1) is 13.8 Å². The van der Waals surface area contributed by atoms with Gasteiger partial charge >= 0.3 is 0 Å². The van der Waals surface area contributed by atoms with Crippen LogP contribution in [0.2, 0.25) is 5.02 Å². The van der Waals surface area contributed by atoms with Crippen LogP contribution in [-0.4, -0.2) is 126 Å². The minimum atomic E-state index is -1.10. The van der Waals surface area contributed by atoms with E-state index in [0.29, 0.717) is 87.8 Å². The number of amides is 6. The second kappa shape index (κ2) is 20.3. The third kappa shape index (κ3) is 9.92. The maximum Gasteiger partial charge on any atom is 0.266 e. The van der Waals surface area contributed by atoms with Gasteiger partial charge in [-0.15, -0.1) is 21.5 Å². The van der Waals surface area contributed by atoms with Crippen LogP contribution >= 0.6 is 22.9 Å². The van der Waals surface area contributed by atoms with Gasteiger partial charge in [-0.3, -0.25) is 48.5 Å². The molecule has 0 radical (unpaired) electrons. The number of fused-ring (bicyclic) bond motifs is 4. The van der Waals surface area contributed by atoms with Gasteiger partial charge in [0.05, 0.1) is 48.1 Å². The number of thiophene rings is 1. The lowest BCUT2D eigenvalue weighted by Gasteiger charge is -2.27. The predicted octanol–water partition coefficient (Wildman–Crippen LogP) is 3.11. The highest BCUT2D eigenvalue weighted by molar-refractivity contribution is 7.17. The summed E-state index contributed by atoms with van der Waals surface area (Å²) in [6.07, 6.45) is 1.20. The molecule has 0 spiro atoms. The molecule has 3 aliphatic heterocycles. The van der Waals surface area contributed by atoms with Gasteiger partial charge in [0.1, 0.15) is 29.2 Å². The number of piperidine rings is 1. The number of nitrogens with zero attached hydrogens (tertiary/aromatic N) is 5. The van der Waals surface area contributed by atoms with Crippen LogP contribution < -0.4 is 20.7 Å². The number of hydrogen-bond acceptors (Lipinski definition) is 14. The Labute approximate surface area is 365 Å². The quantitative estimate of drug-likeness (QED) is 0.0861. The van der Waals surface area contributed by atoms with E-state index in [4.69, 9.17) is 35.5 Å². The Balaban J connectivity index is 0.731. The second-order valence-electron chi connectivity index (χ2n) is 14.5. The number of ether oxygens (including phenoxy) is 4. The lowest BCUT2D eigenvalue weighted by atomic mass is 9.99. The van der Waals surface area contributed by atoms with Gasteiger partial charge in [-0.25, -0.2) is 0 Å². The lowest BCUT2D eigenvalue weighted by molar-refractivity contribution is -0.136. The number of aliphatic imine (C=N–C) groups is 1. The van der Waals surface area contributed by atoms with Crippen LogP contribution in [-0.2, 0) is 35.1 Å². The molecule has 7 rings (SSSR count). The first-order valence-electron chi connectivity index (χ1n) is 20.1. The fourth-order valence-corrected chi connectivity index (χ4v) is 8.62. The first kappa shape index (κ1) is 44.2. The summed E-state index contributed by atoms with van der Waals surface area (Å²) in [6, 6.07) is 10.8. The number of imide groups is 2. The first-order valence-corrected chi connectivity index (χ1v) is 21.3. The van der Waals surface area contributed by atoms with E-state index in [1.807, 2.05) is 42.7 Å². The Morgan fingerprint density at radius 1 is 0.871 bits per heavy atom. The molecule has 3 N–H and O–H groups in total. The summed E-state index contributed by atoms with van der Waals surface area (Å²) in [5.74, 6) is -1.67. The van der Waals surface area contributed by atoms with Gasteiger partial charge in [0.2, 0.25) is 11.8 Å². The largest absolute Gasteiger partial charge is 0.483 e. The molecule has 3 aliphatic rings. The van der Waals surface area contributed by atoms with E-state index >= 15 is 0 Å². The molecule has 20 heteroatoms. The number of halogens is 1. The van der Waals surface area contributed by atoms with Crippen LogP contribution in [0.4, 0.5) is 0 Å². The smallest absolute Gasteiger partial charge is 0.266 e. The van der Waals surface area contributed by atoms with Crippen molar-refractivity contribution in [2.24, 2.45) is 4.99 Å².